The van der Waals surface area contributed by atoms with E-state index in [9.17, 15) is 19.7 Å². The van der Waals surface area contributed by atoms with Gasteiger partial charge in [-0.2, -0.15) is 0 Å². The van der Waals surface area contributed by atoms with E-state index in [-0.39, 0.29) is 30.8 Å². The maximum Gasteiger partial charge on any atom is 0.410 e. The second-order valence-electron chi connectivity index (χ2n) is 5.61. The van der Waals surface area contributed by atoms with E-state index in [1.165, 1.54) is 17.0 Å². The van der Waals surface area contributed by atoms with E-state index >= 15 is 0 Å². The molecular weight excluding hydrogens is 328 g/mol. The van der Waals surface area contributed by atoms with Gasteiger partial charge in [0.05, 0.1) is 16.9 Å². The highest BCUT2D eigenvalue weighted by Gasteiger charge is 2.26. The first-order chi connectivity index (χ1) is 12.0. The fourth-order valence-corrected chi connectivity index (χ4v) is 2.55. The average molecular weight is 348 g/mol. The van der Waals surface area contributed by atoms with Crippen molar-refractivity contribution < 1.29 is 24.0 Å². The summed E-state index contributed by atoms with van der Waals surface area (Å²) in [6.45, 7) is 4.13. The van der Waals surface area contributed by atoms with Gasteiger partial charge in [-0.3, -0.25) is 14.9 Å². The summed E-state index contributed by atoms with van der Waals surface area (Å²) in [5.41, 5.74) is 0.261. The number of benzene rings is 1. The van der Waals surface area contributed by atoms with Crippen LogP contribution in [-0.4, -0.2) is 41.1 Å². The van der Waals surface area contributed by atoms with Crippen LogP contribution in [0.1, 0.15) is 24.8 Å². The molecule has 0 spiro atoms. The van der Waals surface area contributed by atoms with E-state index in [0.717, 1.165) is 0 Å². The molecule has 0 radical (unpaired) electrons. The van der Waals surface area contributed by atoms with Crippen molar-refractivity contribution in [1.82, 2.24) is 4.90 Å². The van der Waals surface area contributed by atoms with Gasteiger partial charge in [-0.05, 0) is 6.07 Å². The Morgan fingerprint density at radius 2 is 2.00 bits per heavy atom. The van der Waals surface area contributed by atoms with Crippen LogP contribution in [0.5, 0.6) is 0 Å². The number of hydrogen-bond donors (Lipinski definition) is 0. The molecule has 0 unspecified atom stereocenters. The van der Waals surface area contributed by atoms with Gasteiger partial charge < -0.3 is 14.4 Å². The van der Waals surface area contributed by atoms with E-state index in [4.69, 9.17) is 9.47 Å². The molecule has 0 aliphatic carbocycles. The molecule has 1 aromatic carbocycles. The van der Waals surface area contributed by atoms with E-state index in [1.54, 1.807) is 18.2 Å². The summed E-state index contributed by atoms with van der Waals surface area (Å²) in [6.07, 6.45) is 1.96. The Labute approximate surface area is 145 Å². The van der Waals surface area contributed by atoms with Gasteiger partial charge in [-0.15, -0.1) is 6.58 Å². The first-order valence-corrected chi connectivity index (χ1v) is 7.95. The molecule has 1 heterocycles. The zero-order chi connectivity index (χ0) is 18.2. The number of carbonyl (C=O) groups is 2. The van der Waals surface area contributed by atoms with Crippen LogP contribution in [0, 0.1) is 10.1 Å². The second-order valence-corrected chi connectivity index (χ2v) is 5.61. The number of piperidine rings is 1. The summed E-state index contributed by atoms with van der Waals surface area (Å²) in [7, 11) is 0. The predicted molar refractivity (Wildman–Crippen MR) is 88.8 cm³/mol. The third-order valence-corrected chi connectivity index (χ3v) is 3.85. The van der Waals surface area contributed by atoms with Gasteiger partial charge in [0, 0.05) is 32.0 Å². The molecule has 1 aliphatic heterocycles. The molecule has 0 aromatic heterocycles. The van der Waals surface area contributed by atoms with Crippen molar-refractivity contribution in [2.45, 2.75) is 32.0 Å². The summed E-state index contributed by atoms with van der Waals surface area (Å²) in [6, 6.07) is 6.13. The van der Waals surface area contributed by atoms with E-state index in [2.05, 4.69) is 6.58 Å². The summed E-state index contributed by atoms with van der Waals surface area (Å²) < 4.78 is 10.4. The lowest BCUT2D eigenvalue weighted by Crippen LogP contribution is -2.41. The second kappa shape index (κ2) is 8.81. The smallest absolute Gasteiger partial charge is 0.410 e. The fraction of sp³-hybridized carbons (Fsp3) is 0.412. The van der Waals surface area contributed by atoms with Crippen LogP contribution in [0.3, 0.4) is 0 Å². The van der Waals surface area contributed by atoms with Gasteiger partial charge in [-0.1, -0.05) is 18.2 Å². The zero-order valence-electron chi connectivity index (χ0n) is 13.8. The predicted octanol–water partition coefficient (Wildman–Crippen LogP) is 2.82. The van der Waals surface area contributed by atoms with Crippen molar-refractivity contribution >= 4 is 17.7 Å². The highest BCUT2D eigenvalue weighted by atomic mass is 16.6. The number of nitrogens with zero attached hydrogens (tertiary/aromatic N) is 2. The summed E-state index contributed by atoms with van der Waals surface area (Å²) in [4.78, 5) is 35.5. The lowest BCUT2D eigenvalue weighted by molar-refractivity contribution is -0.385. The fourth-order valence-electron chi connectivity index (χ4n) is 2.55. The molecule has 0 N–H and O–H groups in total. The topological polar surface area (TPSA) is 99.0 Å². The number of nitro groups is 1. The standard InChI is InChI=1S/C17H20N2O6/c1-2-5-16(20)25-14-8-10-18(11-9-14)17(21)24-12-13-6-3-4-7-15(13)19(22)23/h2-4,6-7,14H,1,5,8-12H2. The van der Waals surface area contributed by atoms with E-state index < -0.39 is 11.0 Å². The Kier molecular flexibility index (Phi) is 6.50. The van der Waals surface area contributed by atoms with Crippen molar-refractivity contribution in [3.05, 3.63) is 52.6 Å². The van der Waals surface area contributed by atoms with Crippen molar-refractivity contribution in [3.8, 4) is 0 Å². The average Bonchev–Trinajstić information content (AvgIpc) is 2.60. The number of nitro benzene ring substituents is 1. The third kappa shape index (κ3) is 5.30. The number of amides is 1. The Morgan fingerprint density at radius 1 is 1.32 bits per heavy atom. The number of likely N-dealkylation sites (tertiary alicyclic amines) is 1. The Balaban J connectivity index is 1.80. The van der Waals surface area contributed by atoms with Gasteiger partial charge in [0.15, 0.2) is 0 Å². The summed E-state index contributed by atoms with van der Waals surface area (Å²) in [5, 5.41) is 10.9. The largest absolute Gasteiger partial charge is 0.462 e. The quantitative estimate of drug-likeness (QED) is 0.339. The van der Waals surface area contributed by atoms with Crippen LogP contribution >= 0.6 is 0 Å². The number of ether oxygens (including phenoxy) is 2. The first-order valence-electron chi connectivity index (χ1n) is 7.95. The van der Waals surface area contributed by atoms with Crippen LogP contribution in [0.2, 0.25) is 0 Å². The minimum Gasteiger partial charge on any atom is -0.462 e. The normalized spacial score (nSPS) is 14.6. The van der Waals surface area contributed by atoms with Crippen LogP contribution in [-0.2, 0) is 20.9 Å². The van der Waals surface area contributed by atoms with Crippen molar-refractivity contribution in [2.75, 3.05) is 13.1 Å². The monoisotopic (exact) mass is 348 g/mol. The van der Waals surface area contributed by atoms with Crippen molar-refractivity contribution in [3.63, 3.8) is 0 Å². The highest BCUT2D eigenvalue weighted by Crippen LogP contribution is 2.20. The molecular formula is C17H20N2O6. The Morgan fingerprint density at radius 3 is 2.64 bits per heavy atom. The molecule has 134 valence electrons. The molecule has 1 aromatic rings. The van der Waals surface area contributed by atoms with Crippen molar-refractivity contribution in [1.29, 1.82) is 0 Å². The van der Waals surface area contributed by atoms with Crippen LogP contribution in [0.4, 0.5) is 10.5 Å². The SMILES string of the molecule is C=CCC(=O)OC1CCN(C(=O)OCc2ccccc2[N+](=O)[O-])CC1. The number of para-hydroxylation sites is 1. The highest BCUT2D eigenvalue weighted by molar-refractivity contribution is 5.71. The van der Waals surface area contributed by atoms with Crippen molar-refractivity contribution in [2.24, 2.45) is 0 Å². The van der Waals surface area contributed by atoms with Crippen LogP contribution in [0.15, 0.2) is 36.9 Å². The van der Waals surface area contributed by atoms with Gasteiger partial charge in [-0.25, -0.2) is 4.79 Å². The maximum absolute atomic E-state index is 12.1. The lowest BCUT2D eigenvalue weighted by atomic mass is 10.1. The molecule has 8 heteroatoms. The molecule has 1 amide bonds. The summed E-state index contributed by atoms with van der Waals surface area (Å²) in [5.74, 6) is -0.326. The Bertz CT molecular complexity index is 652. The lowest BCUT2D eigenvalue weighted by Gasteiger charge is -2.30. The molecule has 0 atom stereocenters. The molecule has 1 aliphatic rings. The van der Waals surface area contributed by atoms with E-state index in [1.807, 2.05) is 0 Å². The van der Waals surface area contributed by atoms with Crippen LogP contribution in [0.25, 0.3) is 0 Å². The Hall–Kier alpha value is -2.90. The molecule has 0 bridgehead atoms. The molecule has 8 nitrogen and oxygen atoms in total. The van der Waals surface area contributed by atoms with Crippen LogP contribution < -0.4 is 0 Å². The maximum atomic E-state index is 12.1. The third-order valence-electron chi connectivity index (χ3n) is 3.85. The molecule has 2 rings (SSSR count). The minimum absolute atomic E-state index is 0.0804. The molecule has 1 saturated heterocycles. The van der Waals surface area contributed by atoms with Gasteiger partial charge in [0.2, 0.25) is 0 Å². The number of hydrogen-bond acceptors (Lipinski definition) is 6. The molecule has 0 saturated carbocycles. The summed E-state index contributed by atoms with van der Waals surface area (Å²) >= 11 is 0. The van der Waals surface area contributed by atoms with Gasteiger partial charge in [0.1, 0.15) is 12.7 Å². The first kappa shape index (κ1) is 18.4. The van der Waals surface area contributed by atoms with E-state index in [0.29, 0.717) is 31.5 Å². The molecule has 1 fully saturated rings. The zero-order valence-corrected chi connectivity index (χ0v) is 13.8. The number of carbonyl (C=O) groups excluding carboxylic acids is 2. The number of rotatable bonds is 6. The van der Waals surface area contributed by atoms with Gasteiger partial charge >= 0.3 is 12.1 Å². The molecule has 25 heavy (non-hydrogen) atoms. The number of esters is 1. The minimum atomic E-state index is -0.533. The van der Waals surface area contributed by atoms with Gasteiger partial charge in [0.25, 0.3) is 5.69 Å².